The topological polar surface area (TPSA) is 302 Å². The summed E-state index contributed by atoms with van der Waals surface area (Å²) in [6.07, 6.45) is 1.50. The maximum absolute atomic E-state index is 13.2. The number of β-lactam (4-membered cyclic amide) rings is 1. The normalized spacial score (nSPS) is 18.2. The molecule has 242 valence electrons. The summed E-state index contributed by atoms with van der Waals surface area (Å²) in [6, 6.07) is -1.72. The lowest BCUT2D eigenvalue weighted by Crippen LogP contribution is -2.71. The minimum atomic E-state index is -1.82. The predicted molar refractivity (Wildman–Crippen MR) is 157 cm³/mol. The summed E-state index contributed by atoms with van der Waals surface area (Å²) in [5.41, 5.74) is 15.0. The fourth-order valence-corrected chi connectivity index (χ4v) is 5.90. The van der Waals surface area contributed by atoms with E-state index >= 15 is 0 Å². The van der Waals surface area contributed by atoms with Gasteiger partial charge in [0.1, 0.15) is 11.4 Å². The number of aliphatic carboxylic acids is 2. The molecule has 0 radical (unpaired) electrons. The Morgan fingerprint density at radius 1 is 1.31 bits per heavy atom. The van der Waals surface area contributed by atoms with Crippen LogP contribution in [0.25, 0.3) is 0 Å². The third-order valence-electron chi connectivity index (χ3n) is 6.59. The summed E-state index contributed by atoms with van der Waals surface area (Å²) in [5.74, 6) is -4.66. The highest BCUT2D eigenvalue weighted by molar-refractivity contribution is 8.00. The van der Waals surface area contributed by atoms with Crippen molar-refractivity contribution >= 4 is 75.4 Å². The van der Waals surface area contributed by atoms with Gasteiger partial charge >= 0.3 is 12.0 Å². The first-order chi connectivity index (χ1) is 21.2. The van der Waals surface area contributed by atoms with Crippen molar-refractivity contribution in [3.63, 3.8) is 0 Å². The van der Waals surface area contributed by atoms with Crippen molar-refractivity contribution in [1.29, 1.82) is 0 Å². The summed E-state index contributed by atoms with van der Waals surface area (Å²) in [7, 11) is 1.60. The molecule has 10 N–H and O–H groups in total. The SMILES string of the molecule is Cn1c(N)c(NC(=O)NCCN)c[n+]1CC1=C(C(=O)[O-])N2C(=O)[C@@H](NC(=O)/C(=N\OC(C)(C)C(=O)O)c3nsc(N)n3)C2SC1. The van der Waals surface area contributed by atoms with Crippen LogP contribution < -0.4 is 42.9 Å². The van der Waals surface area contributed by atoms with Gasteiger partial charge in [0, 0.05) is 35.9 Å². The number of anilines is 3. The average Bonchev–Trinajstić information content (AvgIpc) is 3.52. The molecule has 4 amide bonds. The van der Waals surface area contributed by atoms with Crippen LogP contribution in [0.5, 0.6) is 0 Å². The number of hydrogen-bond acceptors (Lipinski definition) is 15. The smallest absolute Gasteiger partial charge is 0.350 e. The molecule has 22 heteroatoms. The van der Waals surface area contributed by atoms with E-state index in [1.165, 1.54) is 36.5 Å². The maximum Gasteiger partial charge on any atom is 0.350 e. The van der Waals surface area contributed by atoms with Gasteiger partial charge in [-0.1, -0.05) is 5.16 Å². The number of nitrogens with zero attached hydrogens (tertiary/aromatic N) is 6. The number of carbonyl (C=O) groups excluding carboxylic acids is 4. The van der Waals surface area contributed by atoms with E-state index in [0.29, 0.717) is 5.57 Å². The second-order valence-corrected chi connectivity index (χ2v) is 12.0. The zero-order valence-corrected chi connectivity index (χ0v) is 25.7. The number of aromatic nitrogens is 4. The van der Waals surface area contributed by atoms with Crippen molar-refractivity contribution in [2.45, 2.75) is 37.4 Å². The minimum Gasteiger partial charge on any atom is -0.543 e. The number of fused-ring (bicyclic) bond motifs is 1. The van der Waals surface area contributed by atoms with Crippen molar-refractivity contribution in [3.8, 4) is 0 Å². The van der Waals surface area contributed by atoms with E-state index in [0.717, 1.165) is 16.4 Å². The fourth-order valence-electron chi connectivity index (χ4n) is 4.13. The van der Waals surface area contributed by atoms with Gasteiger partial charge in [0.15, 0.2) is 23.2 Å². The first-order valence-electron chi connectivity index (χ1n) is 13.0. The van der Waals surface area contributed by atoms with Gasteiger partial charge in [0.25, 0.3) is 11.8 Å². The molecule has 2 aliphatic heterocycles. The third kappa shape index (κ3) is 6.76. The molecule has 0 bridgehead atoms. The molecule has 4 rings (SSSR count). The van der Waals surface area contributed by atoms with E-state index in [9.17, 15) is 34.2 Å². The second-order valence-electron chi connectivity index (χ2n) is 10.1. The summed E-state index contributed by atoms with van der Waals surface area (Å²) < 4.78 is 6.95. The molecular formula is C23H30N12O8S2. The number of hydrogen-bond donors (Lipinski definition) is 7. The van der Waals surface area contributed by atoms with Crippen LogP contribution in [-0.4, -0.2) is 95.4 Å². The number of carboxylic acid groups (broad SMARTS) is 2. The zero-order valence-electron chi connectivity index (χ0n) is 24.1. The monoisotopic (exact) mass is 666 g/mol. The number of nitrogens with two attached hydrogens (primary N) is 3. The predicted octanol–water partition coefficient (Wildman–Crippen LogP) is -3.90. The van der Waals surface area contributed by atoms with Crippen LogP contribution in [-0.2, 0) is 37.6 Å². The van der Waals surface area contributed by atoms with Gasteiger partial charge in [-0.15, -0.1) is 21.1 Å². The highest BCUT2D eigenvalue weighted by Crippen LogP contribution is 2.40. The number of nitrogens with one attached hydrogen (secondary N) is 3. The standard InChI is InChI=1S/C23H30N12O8S2/c1-23(2,20(40)41)43-31-11(15-30-21(26)45-32-15)16(36)29-12-17(37)35-13(19(38)39)9(8-44-18(12)35)6-34-7-10(14(25)33(34)3)28-22(42)27-5-4-24/h7,12,18,25H,4-6,8,24H2,1-3H3,(H7,26,27,28,29,30,32,36,38,39,40,41,42)/b31-11-/t12-,18?/m1/s1. The number of thioether (sulfide) groups is 1. The molecule has 2 aliphatic rings. The lowest BCUT2D eigenvalue weighted by molar-refractivity contribution is -0.765. The Labute approximate surface area is 262 Å². The van der Waals surface area contributed by atoms with Crippen LogP contribution in [0, 0.1) is 0 Å². The van der Waals surface area contributed by atoms with Crippen molar-refractivity contribution in [1.82, 2.24) is 29.6 Å². The minimum absolute atomic E-state index is 0.0106. The van der Waals surface area contributed by atoms with Gasteiger partial charge in [0.2, 0.25) is 23.3 Å². The Hall–Kier alpha value is -4.96. The van der Waals surface area contributed by atoms with Crippen molar-refractivity contribution in [3.05, 3.63) is 23.3 Å². The number of carbonyl (C=O) groups is 5. The van der Waals surface area contributed by atoms with E-state index in [-0.39, 0.29) is 53.5 Å². The van der Waals surface area contributed by atoms with Gasteiger partial charge < -0.3 is 47.7 Å². The molecule has 0 spiro atoms. The molecule has 2 aromatic heterocycles. The lowest BCUT2D eigenvalue weighted by atomic mass is 10.0. The highest BCUT2D eigenvalue weighted by Gasteiger charge is 2.53. The summed E-state index contributed by atoms with van der Waals surface area (Å²) in [6.45, 7) is 2.86. The number of rotatable bonds is 12. The molecule has 0 aliphatic carbocycles. The summed E-state index contributed by atoms with van der Waals surface area (Å²) in [4.78, 5) is 72.2. The van der Waals surface area contributed by atoms with Crippen LogP contribution >= 0.6 is 23.3 Å². The van der Waals surface area contributed by atoms with Crippen LogP contribution in [0.2, 0.25) is 0 Å². The Kier molecular flexibility index (Phi) is 9.48. The second kappa shape index (κ2) is 13.0. The van der Waals surface area contributed by atoms with E-state index in [2.05, 4.69) is 30.5 Å². The largest absolute Gasteiger partial charge is 0.543 e. The van der Waals surface area contributed by atoms with Crippen LogP contribution in [0.3, 0.4) is 0 Å². The van der Waals surface area contributed by atoms with Gasteiger partial charge in [-0.05, 0) is 13.8 Å². The molecule has 1 unspecified atom stereocenters. The number of amides is 4. The molecule has 1 fully saturated rings. The quantitative estimate of drug-likeness (QED) is 0.0493. The number of urea groups is 1. The molecular weight excluding hydrogens is 636 g/mol. The molecule has 2 atom stereocenters. The van der Waals surface area contributed by atoms with Crippen molar-refractivity contribution in [2.24, 2.45) is 17.9 Å². The van der Waals surface area contributed by atoms with Crippen LogP contribution in [0.4, 0.5) is 21.4 Å². The van der Waals surface area contributed by atoms with Crippen molar-refractivity contribution < 1.29 is 43.7 Å². The first kappa shape index (κ1) is 32.9. The van der Waals surface area contributed by atoms with E-state index in [4.69, 9.17) is 22.0 Å². The molecule has 2 aromatic rings. The van der Waals surface area contributed by atoms with Gasteiger partial charge in [-0.3, -0.25) is 19.8 Å². The number of nitrogen functional groups attached to an aromatic ring is 2. The first-order valence-corrected chi connectivity index (χ1v) is 14.9. The fraction of sp³-hybridized carbons (Fsp3) is 0.435. The molecule has 0 saturated carbocycles. The lowest BCUT2D eigenvalue weighted by Gasteiger charge is -2.50. The summed E-state index contributed by atoms with van der Waals surface area (Å²) in [5, 5.41) is 32.0. The molecule has 4 heterocycles. The Morgan fingerprint density at radius 3 is 2.62 bits per heavy atom. The average molecular weight is 667 g/mol. The Balaban J connectivity index is 1.54. The summed E-state index contributed by atoms with van der Waals surface area (Å²) >= 11 is 1.93. The highest BCUT2D eigenvalue weighted by atomic mass is 32.2. The van der Waals surface area contributed by atoms with Crippen molar-refractivity contribution in [2.75, 3.05) is 35.6 Å². The molecule has 45 heavy (non-hydrogen) atoms. The number of carboxylic acids is 2. The number of oxime groups is 1. The van der Waals surface area contributed by atoms with Gasteiger partial charge in [-0.2, -0.15) is 9.36 Å². The van der Waals surface area contributed by atoms with Crippen LogP contribution in [0.1, 0.15) is 19.7 Å². The zero-order chi connectivity index (χ0) is 33.2. The van der Waals surface area contributed by atoms with Crippen LogP contribution in [0.15, 0.2) is 22.6 Å². The van der Waals surface area contributed by atoms with Gasteiger partial charge in [0.05, 0.1) is 18.7 Å². The van der Waals surface area contributed by atoms with Gasteiger partial charge in [-0.25, -0.2) is 9.59 Å². The Morgan fingerprint density at radius 2 is 2.02 bits per heavy atom. The van der Waals surface area contributed by atoms with E-state index < -0.39 is 52.5 Å². The molecule has 0 aromatic carbocycles. The van der Waals surface area contributed by atoms with E-state index in [1.807, 2.05) is 0 Å². The van der Waals surface area contributed by atoms with E-state index in [1.54, 1.807) is 11.7 Å². The Bertz CT molecular complexity index is 1620. The molecule has 1 saturated heterocycles. The maximum atomic E-state index is 13.2. The molecule has 20 nitrogen and oxygen atoms in total. The third-order valence-corrected chi connectivity index (χ3v) is 8.48.